The van der Waals surface area contributed by atoms with Crippen LogP contribution >= 0.6 is 11.3 Å². The number of nitrogens with zero attached hydrogens (tertiary/aromatic N) is 4. The van der Waals surface area contributed by atoms with Crippen molar-refractivity contribution in [2.24, 2.45) is 5.92 Å². The van der Waals surface area contributed by atoms with Gasteiger partial charge in [-0.05, 0) is 47.2 Å². The van der Waals surface area contributed by atoms with Crippen LogP contribution in [0.2, 0.25) is 0 Å². The van der Waals surface area contributed by atoms with Crippen LogP contribution in [0.1, 0.15) is 20.3 Å². The van der Waals surface area contributed by atoms with Crippen LogP contribution in [0.15, 0.2) is 65.7 Å². The fraction of sp³-hybridized carbons (Fsp3) is 0.148. The summed E-state index contributed by atoms with van der Waals surface area (Å²) >= 11 is 1.63. The number of fused-ring (bicyclic) bond motifs is 2. The molecule has 0 atom stereocenters. The van der Waals surface area contributed by atoms with E-state index in [4.69, 9.17) is 4.98 Å². The zero-order chi connectivity index (χ0) is 24.6. The molecule has 0 fully saturated rings. The normalized spacial score (nSPS) is 11.5. The highest BCUT2D eigenvalue weighted by Crippen LogP contribution is 2.33. The summed E-state index contributed by atoms with van der Waals surface area (Å²) in [5.41, 5.74) is 7.79. The van der Waals surface area contributed by atoms with Gasteiger partial charge in [0.05, 0.1) is 28.6 Å². The Morgan fingerprint density at radius 3 is 2.78 bits per heavy atom. The van der Waals surface area contributed by atoms with Gasteiger partial charge in [-0.15, -0.1) is 0 Å². The molecule has 1 aromatic carbocycles. The Hall–Kier alpha value is -4.37. The highest BCUT2D eigenvalue weighted by molar-refractivity contribution is 7.08. The molecule has 0 aliphatic heterocycles. The number of aromatic nitrogens is 6. The molecule has 6 rings (SSSR count). The Morgan fingerprint density at radius 2 is 1.94 bits per heavy atom. The average molecular weight is 494 g/mol. The number of hydrogen-bond donors (Lipinski definition) is 3. The summed E-state index contributed by atoms with van der Waals surface area (Å²) in [6.07, 6.45) is 5.71. The first-order chi connectivity index (χ1) is 17.5. The lowest BCUT2D eigenvalue weighted by atomic mass is 10.0. The van der Waals surface area contributed by atoms with E-state index in [1.807, 2.05) is 49.6 Å². The van der Waals surface area contributed by atoms with Gasteiger partial charge in [-0.3, -0.25) is 19.9 Å². The van der Waals surface area contributed by atoms with Crippen molar-refractivity contribution in [2.45, 2.75) is 20.3 Å². The van der Waals surface area contributed by atoms with Gasteiger partial charge in [0.2, 0.25) is 5.91 Å². The summed E-state index contributed by atoms with van der Waals surface area (Å²) in [6, 6.07) is 12.0. The zero-order valence-corrected chi connectivity index (χ0v) is 20.6. The van der Waals surface area contributed by atoms with Crippen LogP contribution in [0.4, 0.5) is 5.69 Å². The number of imidazole rings is 1. The van der Waals surface area contributed by atoms with E-state index in [9.17, 15) is 4.79 Å². The van der Waals surface area contributed by atoms with Crippen molar-refractivity contribution < 1.29 is 4.79 Å². The van der Waals surface area contributed by atoms with E-state index < -0.39 is 0 Å². The molecule has 0 spiro atoms. The minimum atomic E-state index is -0.0160. The number of amides is 1. The third kappa shape index (κ3) is 4.14. The van der Waals surface area contributed by atoms with Gasteiger partial charge in [0.15, 0.2) is 5.82 Å². The van der Waals surface area contributed by atoms with E-state index >= 15 is 0 Å². The van der Waals surface area contributed by atoms with E-state index in [2.05, 4.69) is 41.9 Å². The number of thiophene rings is 1. The van der Waals surface area contributed by atoms with E-state index in [0.29, 0.717) is 23.9 Å². The van der Waals surface area contributed by atoms with Crippen molar-refractivity contribution in [1.29, 1.82) is 0 Å². The van der Waals surface area contributed by atoms with Crippen LogP contribution in [-0.2, 0) is 4.79 Å². The van der Waals surface area contributed by atoms with Crippen molar-refractivity contribution in [3.05, 3.63) is 65.7 Å². The number of carbonyl (C=O) groups excluding carboxylic acids is 1. The standard InChI is InChI=1S/C27H23N7OS/c1-15(2)9-23(35)30-19-10-18(12-28-13-19)16-3-4-21-20(11-16)25(34-33-21)27-31-22-5-7-29-24(26(22)32-27)17-6-8-36-14-17/h3-8,10-15H,9H2,1-2H3,(H,30,35)(H,31,32)(H,33,34). The molecule has 0 radical (unpaired) electrons. The number of hydrogen-bond acceptors (Lipinski definition) is 6. The van der Waals surface area contributed by atoms with Gasteiger partial charge in [0, 0.05) is 40.7 Å². The Balaban J connectivity index is 1.38. The van der Waals surface area contributed by atoms with Crippen molar-refractivity contribution in [3.8, 4) is 33.9 Å². The van der Waals surface area contributed by atoms with Crippen LogP contribution in [0.3, 0.4) is 0 Å². The van der Waals surface area contributed by atoms with Crippen LogP contribution in [-0.4, -0.2) is 36.0 Å². The van der Waals surface area contributed by atoms with Crippen molar-refractivity contribution >= 4 is 44.9 Å². The van der Waals surface area contributed by atoms with E-state index in [0.717, 1.165) is 50.0 Å². The highest BCUT2D eigenvalue weighted by atomic mass is 32.1. The van der Waals surface area contributed by atoms with Gasteiger partial charge in [0.1, 0.15) is 11.2 Å². The summed E-state index contributed by atoms with van der Waals surface area (Å²) in [5, 5.41) is 15.7. The molecule has 0 aliphatic rings. The largest absolute Gasteiger partial charge is 0.336 e. The first kappa shape index (κ1) is 22.1. The molecule has 0 saturated carbocycles. The Bertz CT molecular complexity index is 1700. The van der Waals surface area contributed by atoms with Crippen LogP contribution in [0.25, 0.3) is 55.8 Å². The molecular weight excluding hydrogens is 470 g/mol. The average Bonchev–Trinajstić information content (AvgIpc) is 3.62. The summed E-state index contributed by atoms with van der Waals surface area (Å²) < 4.78 is 0. The summed E-state index contributed by atoms with van der Waals surface area (Å²) in [5.74, 6) is 0.946. The number of carbonyl (C=O) groups is 1. The SMILES string of the molecule is CC(C)CC(=O)Nc1cncc(-c2ccc3[nH]nc(-c4nc5c(-c6ccsc6)nccc5[nH]4)c3c2)c1. The summed E-state index contributed by atoms with van der Waals surface area (Å²) in [6.45, 7) is 4.04. The van der Waals surface area contributed by atoms with Gasteiger partial charge in [0.25, 0.3) is 0 Å². The smallest absolute Gasteiger partial charge is 0.224 e. The van der Waals surface area contributed by atoms with Gasteiger partial charge in [-0.2, -0.15) is 16.4 Å². The predicted octanol–water partition coefficient (Wildman–Crippen LogP) is 6.28. The molecule has 8 nitrogen and oxygen atoms in total. The first-order valence-electron chi connectivity index (χ1n) is 11.7. The quantitative estimate of drug-likeness (QED) is 0.253. The molecule has 178 valence electrons. The predicted molar refractivity (Wildman–Crippen MR) is 144 cm³/mol. The second-order valence-corrected chi connectivity index (χ2v) is 9.87. The lowest BCUT2D eigenvalue weighted by Crippen LogP contribution is -2.13. The minimum Gasteiger partial charge on any atom is -0.336 e. The molecule has 0 aliphatic carbocycles. The zero-order valence-electron chi connectivity index (χ0n) is 19.7. The Labute approximate surface area is 210 Å². The maximum absolute atomic E-state index is 12.2. The van der Waals surface area contributed by atoms with E-state index in [1.165, 1.54) is 0 Å². The molecule has 0 unspecified atom stereocenters. The third-order valence-corrected chi connectivity index (χ3v) is 6.61. The molecule has 9 heteroatoms. The monoisotopic (exact) mass is 493 g/mol. The molecule has 36 heavy (non-hydrogen) atoms. The number of pyridine rings is 2. The van der Waals surface area contributed by atoms with Crippen LogP contribution in [0.5, 0.6) is 0 Å². The summed E-state index contributed by atoms with van der Waals surface area (Å²) in [7, 11) is 0. The molecule has 0 bridgehead atoms. The van der Waals surface area contributed by atoms with E-state index in [-0.39, 0.29) is 5.91 Å². The van der Waals surface area contributed by atoms with Crippen molar-refractivity contribution in [2.75, 3.05) is 5.32 Å². The number of anilines is 1. The fourth-order valence-electron chi connectivity index (χ4n) is 4.28. The van der Waals surface area contributed by atoms with Crippen molar-refractivity contribution in [3.63, 3.8) is 0 Å². The number of benzene rings is 1. The topological polar surface area (TPSA) is 112 Å². The summed E-state index contributed by atoms with van der Waals surface area (Å²) in [4.78, 5) is 29.4. The fourth-order valence-corrected chi connectivity index (χ4v) is 4.92. The number of H-pyrrole nitrogens is 2. The maximum Gasteiger partial charge on any atom is 0.224 e. The minimum absolute atomic E-state index is 0.0160. The molecule has 3 N–H and O–H groups in total. The number of rotatable bonds is 6. The van der Waals surface area contributed by atoms with Gasteiger partial charge in [-0.1, -0.05) is 19.9 Å². The lowest BCUT2D eigenvalue weighted by Gasteiger charge is -2.09. The van der Waals surface area contributed by atoms with Crippen LogP contribution < -0.4 is 5.32 Å². The lowest BCUT2D eigenvalue weighted by molar-refractivity contribution is -0.116. The molecule has 1 amide bonds. The highest BCUT2D eigenvalue weighted by Gasteiger charge is 2.17. The number of nitrogens with one attached hydrogen (secondary N) is 3. The molecule has 5 heterocycles. The number of aromatic amines is 2. The first-order valence-corrected chi connectivity index (χ1v) is 12.6. The van der Waals surface area contributed by atoms with Gasteiger partial charge >= 0.3 is 0 Å². The third-order valence-electron chi connectivity index (χ3n) is 5.93. The second kappa shape index (κ2) is 9.01. The molecule has 5 aromatic heterocycles. The van der Waals surface area contributed by atoms with E-state index in [1.54, 1.807) is 29.9 Å². The van der Waals surface area contributed by atoms with Crippen LogP contribution in [0, 0.1) is 5.92 Å². The molecule has 0 saturated heterocycles. The van der Waals surface area contributed by atoms with Gasteiger partial charge in [-0.25, -0.2) is 4.98 Å². The van der Waals surface area contributed by atoms with Gasteiger partial charge < -0.3 is 10.3 Å². The second-order valence-electron chi connectivity index (χ2n) is 9.09. The Morgan fingerprint density at radius 1 is 1.03 bits per heavy atom. The Kier molecular flexibility index (Phi) is 5.54. The maximum atomic E-state index is 12.2. The molecular formula is C27H23N7OS. The van der Waals surface area contributed by atoms with Crippen molar-refractivity contribution in [1.82, 2.24) is 30.1 Å². The molecule has 6 aromatic rings.